The highest BCUT2D eigenvalue weighted by Crippen LogP contribution is 2.29. The highest BCUT2D eigenvalue weighted by molar-refractivity contribution is 5.75. The van der Waals surface area contributed by atoms with E-state index in [1.807, 2.05) is 4.90 Å². The van der Waals surface area contributed by atoms with Crippen LogP contribution in [0.25, 0.3) is 11.3 Å². The monoisotopic (exact) mass is 284 g/mol. The van der Waals surface area contributed by atoms with Gasteiger partial charge in [-0.15, -0.1) is 13.0 Å². The molecule has 1 aliphatic rings. The van der Waals surface area contributed by atoms with Gasteiger partial charge in [0.1, 0.15) is 0 Å². The topological polar surface area (TPSA) is 71.2 Å². The Labute approximate surface area is 122 Å². The molecule has 0 aliphatic carbocycles. The molecule has 0 aromatic carbocycles. The molecule has 1 fully saturated rings. The van der Waals surface area contributed by atoms with E-state index in [9.17, 15) is 0 Å². The Bertz CT molecular complexity index is 682. The van der Waals surface area contributed by atoms with Crippen molar-refractivity contribution in [1.29, 1.82) is 0 Å². The number of terminal acetylenes is 1. The van der Waals surface area contributed by atoms with Gasteiger partial charge in [0.2, 0.25) is 11.3 Å². The van der Waals surface area contributed by atoms with Crippen LogP contribution in [0.5, 0.6) is 0 Å². The van der Waals surface area contributed by atoms with Crippen molar-refractivity contribution in [3.8, 4) is 12.3 Å². The number of rotatable bonds is 5. The molecule has 1 aliphatic heterocycles. The molecule has 0 radical (unpaired) electrons. The van der Waals surface area contributed by atoms with E-state index in [-0.39, 0.29) is 0 Å². The fourth-order valence-electron chi connectivity index (χ4n) is 2.47. The first-order valence-corrected chi connectivity index (χ1v) is 6.88. The highest BCUT2D eigenvalue weighted by atomic mass is 16.6. The summed E-state index contributed by atoms with van der Waals surface area (Å²) in [4.78, 5) is 13.2. The first kappa shape index (κ1) is 13.4. The Kier molecular flexibility index (Phi) is 3.69. The number of nitrogens with zero attached hydrogens (tertiary/aromatic N) is 6. The van der Waals surface area contributed by atoms with Crippen LogP contribution in [0.2, 0.25) is 0 Å². The van der Waals surface area contributed by atoms with Gasteiger partial charge in [0.15, 0.2) is 11.6 Å². The fourth-order valence-corrected chi connectivity index (χ4v) is 2.47. The maximum Gasteiger partial charge on any atom is 0.245 e. The number of aromatic nitrogens is 4. The summed E-state index contributed by atoms with van der Waals surface area (Å²) in [5, 5.41) is 7.55. The molecule has 21 heavy (non-hydrogen) atoms. The third-order valence-corrected chi connectivity index (χ3v) is 3.41. The predicted molar refractivity (Wildman–Crippen MR) is 80.1 cm³/mol. The molecule has 3 rings (SSSR count). The molecule has 3 heterocycles. The van der Waals surface area contributed by atoms with Gasteiger partial charge in [0, 0.05) is 19.6 Å². The molecular weight excluding hydrogens is 268 g/mol. The van der Waals surface area contributed by atoms with E-state index in [0.29, 0.717) is 30.2 Å². The third-order valence-electron chi connectivity index (χ3n) is 3.41. The second-order valence-electron chi connectivity index (χ2n) is 4.85. The van der Waals surface area contributed by atoms with Crippen molar-refractivity contribution in [2.24, 2.45) is 0 Å². The zero-order valence-electron chi connectivity index (χ0n) is 11.7. The van der Waals surface area contributed by atoms with E-state index in [2.05, 4.69) is 37.7 Å². The molecule has 0 spiro atoms. The zero-order chi connectivity index (χ0) is 14.7. The number of hydrogen-bond acceptors (Lipinski definition) is 7. The summed E-state index contributed by atoms with van der Waals surface area (Å²) in [7, 11) is 0. The van der Waals surface area contributed by atoms with Gasteiger partial charge in [-0.3, -0.25) is 0 Å². The third kappa shape index (κ3) is 2.52. The molecule has 7 nitrogen and oxygen atoms in total. The molecule has 0 bridgehead atoms. The SMILES string of the molecule is C#CCN(CC=C)c1nc2nonc2nc1N1CCCC1. The lowest BCUT2D eigenvalue weighted by molar-refractivity contribution is 0.314. The second kappa shape index (κ2) is 5.79. The summed E-state index contributed by atoms with van der Waals surface area (Å²) < 4.78 is 4.71. The molecule has 108 valence electrons. The van der Waals surface area contributed by atoms with Crippen LogP contribution in [0.4, 0.5) is 11.6 Å². The van der Waals surface area contributed by atoms with Gasteiger partial charge in [0.05, 0.1) is 6.54 Å². The van der Waals surface area contributed by atoms with Gasteiger partial charge in [-0.25, -0.2) is 14.6 Å². The second-order valence-corrected chi connectivity index (χ2v) is 4.85. The summed E-state index contributed by atoms with van der Waals surface area (Å²) in [5.74, 6) is 4.13. The van der Waals surface area contributed by atoms with Crippen molar-refractivity contribution in [2.45, 2.75) is 12.8 Å². The highest BCUT2D eigenvalue weighted by Gasteiger charge is 2.23. The largest absolute Gasteiger partial charge is 0.353 e. The summed E-state index contributed by atoms with van der Waals surface area (Å²) in [6.45, 7) is 6.70. The first-order valence-electron chi connectivity index (χ1n) is 6.88. The van der Waals surface area contributed by atoms with Crippen molar-refractivity contribution in [2.75, 3.05) is 36.0 Å². The van der Waals surface area contributed by atoms with E-state index >= 15 is 0 Å². The Morgan fingerprint density at radius 2 is 2.00 bits per heavy atom. The standard InChI is InChI=1S/C14H16N6O/c1-3-7-19(8-4-2)13-14(20-9-5-6-10-20)16-12-11(15-13)17-21-18-12/h1,4H,2,5-10H2. The minimum atomic E-state index is 0.388. The van der Waals surface area contributed by atoms with Crippen molar-refractivity contribution in [1.82, 2.24) is 20.3 Å². The molecule has 2 aromatic heterocycles. The van der Waals surface area contributed by atoms with Crippen molar-refractivity contribution in [3.05, 3.63) is 12.7 Å². The van der Waals surface area contributed by atoms with Crippen molar-refractivity contribution >= 4 is 22.9 Å². The molecule has 0 saturated carbocycles. The lowest BCUT2D eigenvalue weighted by atomic mass is 10.4. The van der Waals surface area contributed by atoms with Crippen LogP contribution in [-0.4, -0.2) is 46.5 Å². The van der Waals surface area contributed by atoms with Crippen LogP contribution in [0.1, 0.15) is 12.8 Å². The Morgan fingerprint density at radius 1 is 1.29 bits per heavy atom. The summed E-state index contributed by atoms with van der Waals surface area (Å²) >= 11 is 0. The van der Waals surface area contributed by atoms with Gasteiger partial charge in [0.25, 0.3) is 0 Å². The van der Waals surface area contributed by atoms with E-state index in [4.69, 9.17) is 11.1 Å². The van der Waals surface area contributed by atoms with Crippen LogP contribution in [-0.2, 0) is 0 Å². The molecule has 0 atom stereocenters. The molecule has 7 heteroatoms. The minimum Gasteiger partial charge on any atom is -0.353 e. The van der Waals surface area contributed by atoms with E-state index < -0.39 is 0 Å². The number of hydrogen-bond donors (Lipinski definition) is 0. The molecule has 2 aromatic rings. The van der Waals surface area contributed by atoms with Gasteiger partial charge < -0.3 is 9.80 Å². The average molecular weight is 284 g/mol. The van der Waals surface area contributed by atoms with Crippen LogP contribution >= 0.6 is 0 Å². The molecule has 0 N–H and O–H groups in total. The maximum absolute atomic E-state index is 5.46. The van der Waals surface area contributed by atoms with Crippen molar-refractivity contribution < 1.29 is 4.63 Å². The van der Waals surface area contributed by atoms with Crippen LogP contribution in [0.3, 0.4) is 0 Å². The Hall–Kier alpha value is -2.62. The normalized spacial score (nSPS) is 14.3. The lowest BCUT2D eigenvalue weighted by Gasteiger charge is -2.25. The molecule has 1 saturated heterocycles. The quantitative estimate of drug-likeness (QED) is 0.604. The molecular formula is C14H16N6O. The van der Waals surface area contributed by atoms with E-state index in [1.165, 1.54) is 0 Å². The lowest BCUT2D eigenvalue weighted by Crippen LogP contribution is -2.29. The van der Waals surface area contributed by atoms with Gasteiger partial charge in [-0.2, -0.15) is 0 Å². The Morgan fingerprint density at radius 3 is 2.67 bits per heavy atom. The minimum absolute atomic E-state index is 0.388. The predicted octanol–water partition coefficient (Wildman–Crippen LogP) is 1.24. The molecule has 0 unspecified atom stereocenters. The average Bonchev–Trinajstić information content (AvgIpc) is 3.16. The van der Waals surface area contributed by atoms with Crippen LogP contribution in [0, 0.1) is 12.3 Å². The van der Waals surface area contributed by atoms with Gasteiger partial charge >= 0.3 is 0 Å². The first-order chi connectivity index (χ1) is 10.3. The van der Waals surface area contributed by atoms with Crippen LogP contribution in [0.15, 0.2) is 17.3 Å². The molecule has 0 amide bonds. The summed E-state index contributed by atoms with van der Waals surface area (Å²) in [5.41, 5.74) is 0.805. The smallest absolute Gasteiger partial charge is 0.245 e. The summed E-state index contributed by atoms with van der Waals surface area (Å²) in [6.07, 6.45) is 9.54. The maximum atomic E-state index is 5.46. The van der Waals surface area contributed by atoms with E-state index in [0.717, 1.165) is 31.7 Å². The number of fused-ring (bicyclic) bond motifs is 1. The van der Waals surface area contributed by atoms with E-state index in [1.54, 1.807) is 6.08 Å². The van der Waals surface area contributed by atoms with Crippen molar-refractivity contribution in [3.63, 3.8) is 0 Å². The Balaban J connectivity index is 2.09. The zero-order valence-corrected chi connectivity index (χ0v) is 11.7. The summed E-state index contributed by atoms with van der Waals surface area (Å²) in [6, 6.07) is 0. The van der Waals surface area contributed by atoms with Crippen LogP contribution < -0.4 is 9.80 Å². The number of anilines is 2. The van der Waals surface area contributed by atoms with Gasteiger partial charge in [-0.1, -0.05) is 12.0 Å². The van der Waals surface area contributed by atoms with Gasteiger partial charge in [-0.05, 0) is 23.2 Å². The fraction of sp³-hybridized carbons (Fsp3) is 0.429.